The van der Waals surface area contributed by atoms with Crippen molar-refractivity contribution in [1.82, 2.24) is 4.90 Å². The first-order valence-corrected chi connectivity index (χ1v) is 9.45. The fraction of sp³-hybridized carbons (Fsp3) is 0.350. The molecule has 1 fully saturated rings. The van der Waals surface area contributed by atoms with Crippen molar-refractivity contribution in [3.05, 3.63) is 69.7 Å². The van der Waals surface area contributed by atoms with E-state index in [-0.39, 0.29) is 6.04 Å². The number of likely N-dealkylation sites (tertiary alicyclic amines) is 1. The molecule has 2 aromatic rings. The molecule has 0 aromatic heterocycles. The Bertz CT molecular complexity index is 808. The van der Waals surface area contributed by atoms with Gasteiger partial charge in [-0.15, -0.1) is 0 Å². The summed E-state index contributed by atoms with van der Waals surface area (Å²) in [6, 6.07) is 12.3. The van der Waals surface area contributed by atoms with Crippen molar-refractivity contribution in [3.8, 4) is 0 Å². The molecule has 0 spiro atoms. The summed E-state index contributed by atoms with van der Waals surface area (Å²) in [7, 11) is 0. The van der Waals surface area contributed by atoms with Crippen molar-refractivity contribution in [2.24, 2.45) is 5.92 Å². The summed E-state index contributed by atoms with van der Waals surface area (Å²) in [6.07, 6.45) is -3.04. The molecule has 144 valence electrons. The second-order valence-corrected chi connectivity index (χ2v) is 7.57. The molecule has 3 rings (SSSR count). The van der Waals surface area contributed by atoms with Gasteiger partial charge in [0, 0.05) is 11.0 Å². The van der Waals surface area contributed by atoms with E-state index in [0.29, 0.717) is 25.1 Å². The Morgan fingerprint density at radius 2 is 1.81 bits per heavy atom. The number of carboxylic acids is 1. The van der Waals surface area contributed by atoms with Gasteiger partial charge in [-0.25, -0.2) is 0 Å². The molecule has 0 radical (unpaired) electrons. The van der Waals surface area contributed by atoms with E-state index in [1.807, 2.05) is 29.2 Å². The van der Waals surface area contributed by atoms with Crippen LogP contribution in [0.3, 0.4) is 0 Å². The summed E-state index contributed by atoms with van der Waals surface area (Å²) in [6.45, 7) is 1.05. The summed E-state index contributed by atoms with van der Waals surface area (Å²) in [5.41, 5.74) is 0.920. The maximum Gasteiger partial charge on any atom is 0.416 e. The Morgan fingerprint density at radius 1 is 1.15 bits per heavy atom. The van der Waals surface area contributed by atoms with E-state index in [0.717, 1.165) is 28.6 Å². The minimum Gasteiger partial charge on any atom is -0.481 e. The summed E-state index contributed by atoms with van der Waals surface area (Å²) in [4.78, 5) is 13.5. The van der Waals surface area contributed by atoms with E-state index in [9.17, 15) is 23.1 Å². The Labute approximate surface area is 163 Å². The Kier molecular flexibility index (Phi) is 5.91. The van der Waals surface area contributed by atoms with Crippen molar-refractivity contribution in [1.29, 1.82) is 0 Å². The standard InChI is InChI=1S/C20H19BrF3NO2/c21-17-6-2-1-5-16(17)18(25-11-3-4-14(12-25)19(26)27)13-7-9-15(10-8-13)20(22,23)24/h1-2,5-10,14,18H,3-4,11-12H2,(H,26,27). The number of aliphatic carboxylic acids is 1. The monoisotopic (exact) mass is 441 g/mol. The SMILES string of the molecule is O=C(O)C1CCCN(C(c2ccc(C(F)(F)F)cc2)c2ccccc2Br)C1. The van der Waals surface area contributed by atoms with Crippen LogP contribution in [0.5, 0.6) is 0 Å². The average Bonchev–Trinajstić information content (AvgIpc) is 2.63. The number of nitrogens with zero attached hydrogens (tertiary/aromatic N) is 1. The molecule has 7 heteroatoms. The average molecular weight is 442 g/mol. The second-order valence-electron chi connectivity index (χ2n) is 6.72. The molecule has 1 heterocycles. The maximum absolute atomic E-state index is 12.9. The van der Waals surface area contributed by atoms with Gasteiger partial charge in [0.1, 0.15) is 0 Å². The van der Waals surface area contributed by atoms with Crippen molar-refractivity contribution in [3.63, 3.8) is 0 Å². The highest BCUT2D eigenvalue weighted by Gasteiger charge is 2.33. The van der Waals surface area contributed by atoms with Crippen LogP contribution in [0.1, 0.15) is 35.6 Å². The van der Waals surface area contributed by atoms with Crippen LogP contribution in [0.4, 0.5) is 13.2 Å². The Hall–Kier alpha value is -1.86. The van der Waals surface area contributed by atoms with Crippen LogP contribution in [-0.4, -0.2) is 29.1 Å². The van der Waals surface area contributed by atoms with Crippen LogP contribution in [0, 0.1) is 5.92 Å². The van der Waals surface area contributed by atoms with Crippen LogP contribution in [0.25, 0.3) is 0 Å². The Balaban J connectivity index is 2.00. The molecule has 0 amide bonds. The zero-order valence-electron chi connectivity index (χ0n) is 14.4. The van der Waals surface area contributed by atoms with Crippen LogP contribution in [-0.2, 0) is 11.0 Å². The molecule has 1 aliphatic heterocycles. The molecule has 0 saturated carbocycles. The number of hydrogen-bond acceptors (Lipinski definition) is 2. The number of alkyl halides is 3. The molecular formula is C20H19BrF3NO2. The van der Waals surface area contributed by atoms with Gasteiger partial charge < -0.3 is 5.11 Å². The van der Waals surface area contributed by atoms with Crippen molar-refractivity contribution in [2.45, 2.75) is 25.1 Å². The quantitative estimate of drug-likeness (QED) is 0.694. The van der Waals surface area contributed by atoms with Crippen molar-refractivity contribution >= 4 is 21.9 Å². The number of piperidine rings is 1. The topological polar surface area (TPSA) is 40.5 Å². The number of carboxylic acid groups (broad SMARTS) is 1. The minimum absolute atomic E-state index is 0.315. The zero-order chi connectivity index (χ0) is 19.6. The van der Waals surface area contributed by atoms with Gasteiger partial charge in [-0.05, 0) is 48.7 Å². The molecule has 2 atom stereocenters. The molecule has 2 aromatic carbocycles. The summed E-state index contributed by atoms with van der Waals surface area (Å²) in [5, 5.41) is 9.40. The lowest BCUT2D eigenvalue weighted by atomic mass is 9.91. The highest BCUT2D eigenvalue weighted by Crippen LogP contribution is 2.37. The third-order valence-electron chi connectivity index (χ3n) is 4.92. The lowest BCUT2D eigenvalue weighted by molar-refractivity contribution is -0.144. The van der Waals surface area contributed by atoms with Crippen molar-refractivity contribution in [2.75, 3.05) is 13.1 Å². The first-order chi connectivity index (χ1) is 12.8. The van der Waals surface area contributed by atoms with Gasteiger partial charge >= 0.3 is 12.1 Å². The fourth-order valence-electron chi connectivity index (χ4n) is 3.58. The predicted molar refractivity (Wildman–Crippen MR) is 99.4 cm³/mol. The zero-order valence-corrected chi connectivity index (χ0v) is 16.0. The van der Waals surface area contributed by atoms with Gasteiger partial charge in [0.05, 0.1) is 17.5 Å². The van der Waals surface area contributed by atoms with Gasteiger partial charge in [0.25, 0.3) is 0 Å². The van der Waals surface area contributed by atoms with E-state index in [2.05, 4.69) is 15.9 Å². The van der Waals surface area contributed by atoms with Gasteiger partial charge in [-0.2, -0.15) is 13.2 Å². The molecule has 1 aliphatic rings. The first kappa shape index (κ1) is 19.9. The highest BCUT2D eigenvalue weighted by atomic mass is 79.9. The normalized spacial score (nSPS) is 19.6. The predicted octanol–water partition coefficient (Wildman–Crippen LogP) is 5.35. The van der Waals surface area contributed by atoms with E-state index < -0.39 is 23.6 Å². The van der Waals surface area contributed by atoms with E-state index in [4.69, 9.17) is 0 Å². The van der Waals surface area contributed by atoms with Crippen LogP contribution >= 0.6 is 15.9 Å². The molecular weight excluding hydrogens is 423 g/mol. The maximum atomic E-state index is 12.9. The summed E-state index contributed by atoms with van der Waals surface area (Å²) in [5.74, 6) is -1.31. The fourth-order valence-corrected chi connectivity index (χ4v) is 4.08. The van der Waals surface area contributed by atoms with E-state index in [1.54, 1.807) is 0 Å². The molecule has 0 bridgehead atoms. The third kappa shape index (κ3) is 4.52. The van der Waals surface area contributed by atoms with Gasteiger partial charge in [0.2, 0.25) is 0 Å². The number of rotatable bonds is 4. The summed E-state index contributed by atoms with van der Waals surface area (Å²) >= 11 is 3.53. The van der Waals surface area contributed by atoms with Crippen LogP contribution in [0.2, 0.25) is 0 Å². The molecule has 1 N–H and O–H groups in total. The molecule has 3 nitrogen and oxygen atoms in total. The highest BCUT2D eigenvalue weighted by molar-refractivity contribution is 9.10. The minimum atomic E-state index is -4.39. The lowest BCUT2D eigenvalue weighted by Crippen LogP contribution is -2.41. The van der Waals surface area contributed by atoms with Crippen molar-refractivity contribution < 1.29 is 23.1 Å². The van der Waals surface area contributed by atoms with E-state index >= 15 is 0 Å². The number of benzene rings is 2. The number of carbonyl (C=O) groups is 1. The molecule has 27 heavy (non-hydrogen) atoms. The third-order valence-corrected chi connectivity index (χ3v) is 5.64. The number of halogens is 4. The van der Waals surface area contributed by atoms with Gasteiger partial charge in [-0.1, -0.05) is 46.3 Å². The van der Waals surface area contributed by atoms with Gasteiger partial charge in [-0.3, -0.25) is 9.69 Å². The smallest absolute Gasteiger partial charge is 0.416 e. The molecule has 2 unspecified atom stereocenters. The summed E-state index contributed by atoms with van der Waals surface area (Å²) < 4.78 is 39.6. The largest absolute Gasteiger partial charge is 0.481 e. The lowest BCUT2D eigenvalue weighted by Gasteiger charge is -2.38. The molecule has 1 saturated heterocycles. The van der Waals surface area contributed by atoms with Crippen LogP contribution in [0.15, 0.2) is 53.0 Å². The molecule has 0 aliphatic carbocycles. The van der Waals surface area contributed by atoms with Crippen LogP contribution < -0.4 is 0 Å². The second kappa shape index (κ2) is 8.02. The Morgan fingerprint density at radius 3 is 2.41 bits per heavy atom. The van der Waals surface area contributed by atoms with E-state index in [1.165, 1.54) is 12.1 Å². The van der Waals surface area contributed by atoms with Gasteiger partial charge in [0.15, 0.2) is 0 Å². The first-order valence-electron chi connectivity index (χ1n) is 8.66. The number of hydrogen-bond donors (Lipinski definition) is 1.